The molecule has 276 valence electrons. The second kappa shape index (κ2) is 11.7. The van der Waals surface area contributed by atoms with Crippen LogP contribution in [0.15, 0.2) is 11.6 Å². The Kier molecular flexibility index (Phi) is 8.80. The SMILES string of the molecule is CN[C@@](C)(CO[C@H]1[C@H](n2nnc(N)n2)C[C@@]23COC[C@]1(C)[C@@H]2CC[C@H]1C3=CC[C@@]2(C)[C@H](C(=O)O)[C@@](C)([C@H](C)C(C)C)CC[C@]12C)C(C)(C)C. The standard InChI is InChI=1S/C39H66N6O4/c1-23(2)24(3)34(7)17-18-36(9)25-13-14-28-35(8)20-48-22-39(28,26(25)15-16-37(36,10)29(34)31(46)47)19-27(45-43-32(40)42-44-45)30(35)49-21-38(11,41-12)33(4,5)6/h15,23-25,27-30,41H,13-14,16-22H2,1-12H3,(H2,40,43)(H,46,47)/t24-,25+,27-,28+,29-,30+,34-,35-,36-,37+,38+,39+/m1/s1. The van der Waals surface area contributed by atoms with Gasteiger partial charge in [0.1, 0.15) is 6.04 Å². The molecule has 10 nitrogen and oxygen atoms in total. The fourth-order valence-electron chi connectivity index (χ4n) is 12.4. The number of anilines is 1. The molecule has 0 amide bonds. The summed E-state index contributed by atoms with van der Waals surface area (Å²) in [6.07, 6.45) is 7.92. The topological polar surface area (TPSA) is 137 Å². The van der Waals surface area contributed by atoms with Gasteiger partial charge in [-0.05, 0) is 103 Å². The van der Waals surface area contributed by atoms with Gasteiger partial charge in [0.15, 0.2) is 0 Å². The summed E-state index contributed by atoms with van der Waals surface area (Å²) in [5.41, 5.74) is 5.98. The van der Waals surface area contributed by atoms with Crippen LogP contribution in [0.25, 0.3) is 0 Å². The van der Waals surface area contributed by atoms with Crippen LogP contribution >= 0.6 is 0 Å². The van der Waals surface area contributed by atoms with Crippen LogP contribution in [0.1, 0.15) is 121 Å². The maximum Gasteiger partial charge on any atom is 0.307 e. The molecule has 4 fully saturated rings. The number of aromatic nitrogens is 4. The molecule has 0 spiro atoms. The van der Waals surface area contributed by atoms with Gasteiger partial charge in [-0.3, -0.25) is 4.79 Å². The van der Waals surface area contributed by atoms with Gasteiger partial charge in [-0.1, -0.05) is 86.0 Å². The smallest absolute Gasteiger partial charge is 0.307 e. The second-order valence-electron chi connectivity index (χ2n) is 19.6. The number of rotatable bonds is 8. The molecule has 0 unspecified atom stereocenters. The summed E-state index contributed by atoms with van der Waals surface area (Å²) in [5.74, 6) is 0.494. The van der Waals surface area contributed by atoms with Gasteiger partial charge in [-0.2, -0.15) is 4.80 Å². The zero-order valence-electron chi connectivity index (χ0n) is 32.5. The van der Waals surface area contributed by atoms with Gasteiger partial charge < -0.3 is 25.6 Å². The van der Waals surface area contributed by atoms with Crippen molar-refractivity contribution in [1.29, 1.82) is 0 Å². The number of nitrogens with zero attached hydrogens (tertiary/aromatic N) is 4. The lowest BCUT2D eigenvalue weighted by Crippen LogP contribution is -2.69. The van der Waals surface area contributed by atoms with E-state index in [1.54, 1.807) is 4.80 Å². The Bertz CT molecular complexity index is 1470. The third-order valence-corrected chi connectivity index (χ3v) is 16.6. The van der Waals surface area contributed by atoms with Crippen molar-refractivity contribution in [3.8, 4) is 0 Å². The number of aliphatic carboxylic acids is 1. The van der Waals surface area contributed by atoms with Gasteiger partial charge in [0.2, 0.25) is 0 Å². The van der Waals surface area contributed by atoms with Gasteiger partial charge in [0, 0.05) is 16.4 Å². The maximum atomic E-state index is 13.5. The van der Waals surface area contributed by atoms with Crippen molar-refractivity contribution in [3.63, 3.8) is 0 Å². The number of hydrogen-bond donors (Lipinski definition) is 3. The first-order valence-corrected chi connectivity index (χ1v) is 19.0. The van der Waals surface area contributed by atoms with Crippen LogP contribution in [-0.4, -0.2) is 69.8 Å². The number of allylic oxidation sites excluding steroid dienone is 1. The lowest BCUT2D eigenvalue weighted by atomic mass is 9.34. The van der Waals surface area contributed by atoms with Crippen LogP contribution in [0, 0.1) is 62.1 Å². The lowest BCUT2D eigenvalue weighted by molar-refractivity contribution is -0.255. The van der Waals surface area contributed by atoms with Crippen molar-refractivity contribution < 1.29 is 19.4 Å². The first-order chi connectivity index (χ1) is 22.6. The highest BCUT2D eigenvalue weighted by Crippen LogP contribution is 2.75. The highest BCUT2D eigenvalue weighted by Gasteiger charge is 2.72. The molecule has 49 heavy (non-hydrogen) atoms. The summed E-state index contributed by atoms with van der Waals surface area (Å²) in [5, 5.41) is 27.8. The van der Waals surface area contributed by atoms with E-state index in [-0.39, 0.29) is 62.0 Å². The average molecular weight is 683 g/mol. The molecule has 1 aromatic heterocycles. The molecule has 2 heterocycles. The number of tetrazole rings is 1. The van der Waals surface area contributed by atoms with Crippen LogP contribution in [0.3, 0.4) is 0 Å². The fraction of sp³-hybridized carbons (Fsp3) is 0.897. The molecule has 0 aromatic carbocycles. The third-order valence-electron chi connectivity index (χ3n) is 16.6. The Morgan fingerprint density at radius 2 is 1.82 bits per heavy atom. The van der Waals surface area contributed by atoms with Gasteiger partial charge in [0.05, 0.1) is 31.8 Å². The summed E-state index contributed by atoms with van der Waals surface area (Å²) in [4.78, 5) is 15.2. The van der Waals surface area contributed by atoms with Crippen LogP contribution in [0.5, 0.6) is 0 Å². The third kappa shape index (κ3) is 5.02. The minimum absolute atomic E-state index is 0.0422. The normalized spacial score (nSPS) is 43.9. The molecule has 0 radical (unpaired) electrons. The van der Waals surface area contributed by atoms with E-state index in [2.05, 4.69) is 103 Å². The molecule has 5 aliphatic rings. The van der Waals surface area contributed by atoms with E-state index in [1.807, 2.05) is 7.05 Å². The van der Waals surface area contributed by atoms with Crippen molar-refractivity contribution >= 4 is 11.9 Å². The lowest BCUT2D eigenvalue weighted by Gasteiger charge is -2.71. The maximum absolute atomic E-state index is 13.5. The summed E-state index contributed by atoms with van der Waals surface area (Å²) in [7, 11) is 2.01. The fourth-order valence-corrected chi connectivity index (χ4v) is 12.4. The highest BCUT2D eigenvalue weighted by atomic mass is 16.5. The van der Waals surface area contributed by atoms with Crippen molar-refractivity contribution in [2.75, 3.05) is 32.6 Å². The average Bonchev–Trinajstić information content (AvgIpc) is 3.45. The van der Waals surface area contributed by atoms with E-state index in [4.69, 9.17) is 15.2 Å². The quantitative estimate of drug-likeness (QED) is 0.253. The van der Waals surface area contributed by atoms with Crippen LogP contribution < -0.4 is 11.1 Å². The Hall–Kier alpha value is -2.04. The van der Waals surface area contributed by atoms with Crippen molar-refractivity contribution in [1.82, 2.24) is 25.5 Å². The number of hydrogen-bond acceptors (Lipinski definition) is 8. The van der Waals surface area contributed by atoms with Gasteiger partial charge >= 0.3 is 5.97 Å². The highest BCUT2D eigenvalue weighted by molar-refractivity contribution is 5.73. The predicted octanol–water partition coefficient (Wildman–Crippen LogP) is 6.79. The number of nitrogens with two attached hydrogens (primary N) is 1. The Morgan fingerprint density at radius 1 is 1.12 bits per heavy atom. The molecule has 3 saturated carbocycles. The number of carboxylic acid groups (broad SMARTS) is 1. The van der Waals surface area contributed by atoms with E-state index in [1.165, 1.54) is 5.57 Å². The number of nitrogen functional groups attached to an aromatic ring is 1. The molecular weight excluding hydrogens is 616 g/mol. The summed E-state index contributed by atoms with van der Waals surface area (Å²) in [6, 6.07) is -0.176. The molecule has 4 N–H and O–H groups in total. The molecule has 1 saturated heterocycles. The molecular formula is C39H66N6O4. The second-order valence-corrected chi connectivity index (χ2v) is 19.6. The van der Waals surface area contributed by atoms with E-state index in [9.17, 15) is 9.90 Å². The molecule has 6 rings (SSSR count). The van der Waals surface area contributed by atoms with Crippen LogP contribution in [0.4, 0.5) is 5.95 Å². The largest absolute Gasteiger partial charge is 0.481 e. The molecule has 1 aromatic rings. The molecule has 1 aliphatic heterocycles. The number of nitrogens with one attached hydrogen (secondary N) is 1. The molecule has 2 bridgehead atoms. The zero-order chi connectivity index (χ0) is 36.2. The van der Waals surface area contributed by atoms with E-state index in [0.29, 0.717) is 37.6 Å². The molecule has 12 atom stereocenters. The van der Waals surface area contributed by atoms with Gasteiger partial charge in [-0.25, -0.2) is 0 Å². The Labute approximate surface area is 295 Å². The monoisotopic (exact) mass is 683 g/mol. The Balaban J connectivity index is 1.44. The van der Waals surface area contributed by atoms with Crippen molar-refractivity contribution in [2.24, 2.45) is 62.1 Å². The number of likely N-dealkylation sites (N-methyl/N-ethyl adjacent to an activating group) is 1. The first kappa shape index (κ1) is 36.7. The number of ether oxygens (including phenoxy) is 2. The number of carbonyl (C=O) groups is 1. The van der Waals surface area contributed by atoms with E-state index in [0.717, 1.165) is 38.5 Å². The minimum atomic E-state index is -0.628. The van der Waals surface area contributed by atoms with Gasteiger partial charge in [0.25, 0.3) is 5.95 Å². The van der Waals surface area contributed by atoms with Crippen LogP contribution in [0.2, 0.25) is 0 Å². The summed E-state index contributed by atoms with van der Waals surface area (Å²) < 4.78 is 13.9. The minimum Gasteiger partial charge on any atom is -0.481 e. The van der Waals surface area contributed by atoms with Crippen molar-refractivity contribution in [2.45, 2.75) is 132 Å². The zero-order valence-corrected chi connectivity index (χ0v) is 32.5. The summed E-state index contributed by atoms with van der Waals surface area (Å²) >= 11 is 0. The van der Waals surface area contributed by atoms with E-state index < -0.39 is 11.9 Å². The number of carboxylic acids is 1. The van der Waals surface area contributed by atoms with E-state index >= 15 is 0 Å². The Morgan fingerprint density at radius 3 is 2.39 bits per heavy atom. The van der Waals surface area contributed by atoms with Crippen molar-refractivity contribution in [3.05, 3.63) is 11.6 Å². The first-order valence-electron chi connectivity index (χ1n) is 19.0. The van der Waals surface area contributed by atoms with Crippen LogP contribution in [-0.2, 0) is 14.3 Å². The number of fused-ring (bicyclic) bond motifs is 3. The predicted molar refractivity (Wildman–Crippen MR) is 191 cm³/mol. The summed E-state index contributed by atoms with van der Waals surface area (Å²) in [6.45, 7) is 27.0. The molecule has 4 aliphatic carbocycles. The van der Waals surface area contributed by atoms with Gasteiger partial charge in [-0.15, -0.1) is 5.10 Å². The molecule has 10 heteroatoms.